The van der Waals surface area contributed by atoms with E-state index in [1.807, 2.05) is 0 Å². The van der Waals surface area contributed by atoms with Gasteiger partial charge in [0.15, 0.2) is 0 Å². The molecule has 1 unspecified atom stereocenters. The second kappa shape index (κ2) is 7.68. The molecule has 25 heavy (non-hydrogen) atoms. The molecule has 0 aromatic heterocycles. The molecule has 1 aliphatic heterocycles. The number of hydrogen-bond donors (Lipinski definition) is 1. The fourth-order valence-electron chi connectivity index (χ4n) is 2.50. The number of benzene rings is 1. The average Bonchev–Trinajstić information content (AvgIpc) is 2.61. The Labute approximate surface area is 149 Å². The third-order valence-corrected chi connectivity index (χ3v) is 8.39. The SMILES string of the molecule is Cc1ccc(S(=O)(=O)N(C)C(C)CN)cc1S(=O)(=O)N1CCOCC1. The van der Waals surface area contributed by atoms with E-state index in [-0.39, 0.29) is 29.4 Å². The van der Waals surface area contributed by atoms with Crippen molar-refractivity contribution in [3.8, 4) is 0 Å². The summed E-state index contributed by atoms with van der Waals surface area (Å²) in [6, 6.07) is 3.77. The van der Waals surface area contributed by atoms with Crippen LogP contribution in [-0.4, -0.2) is 71.4 Å². The van der Waals surface area contributed by atoms with Gasteiger partial charge < -0.3 is 10.5 Å². The van der Waals surface area contributed by atoms with Crippen molar-refractivity contribution in [1.82, 2.24) is 8.61 Å². The Balaban J connectivity index is 2.47. The van der Waals surface area contributed by atoms with E-state index >= 15 is 0 Å². The molecule has 2 N–H and O–H groups in total. The second-order valence-corrected chi connectivity index (χ2v) is 9.95. The van der Waals surface area contributed by atoms with Gasteiger partial charge in [-0.3, -0.25) is 0 Å². The summed E-state index contributed by atoms with van der Waals surface area (Å²) in [6.45, 7) is 4.67. The fraction of sp³-hybridized carbons (Fsp3) is 0.600. The van der Waals surface area contributed by atoms with Crippen molar-refractivity contribution in [2.24, 2.45) is 5.73 Å². The Hall–Kier alpha value is -1.04. The highest BCUT2D eigenvalue weighted by Crippen LogP contribution is 2.26. The highest BCUT2D eigenvalue weighted by molar-refractivity contribution is 7.90. The third-order valence-electron chi connectivity index (χ3n) is 4.39. The van der Waals surface area contributed by atoms with Crippen LogP contribution in [0.4, 0.5) is 0 Å². The number of nitrogens with zero attached hydrogens (tertiary/aromatic N) is 2. The lowest BCUT2D eigenvalue weighted by Gasteiger charge is -2.27. The van der Waals surface area contributed by atoms with Crippen LogP contribution in [0.15, 0.2) is 28.0 Å². The fourth-order valence-corrected chi connectivity index (χ4v) is 5.63. The van der Waals surface area contributed by atoms with Crippen molar-refractivity contribution in [3.05, 3.63) is 23.8 Å². The predicted molar refractivity (Wildman–Crippen MR) is 94.2 cm³/mol. The summed E-state index contributed by atoms with van der Waals surface area (Å²) >= 11 is 0. The third kappa shape index (κ3) is 4.04. The topological polar surface area (TPSA) is 110 Å². The minimum atomic E-state index is -3.83. The summed E-state index contributed by atoms with van der Waals surface area (Å²) in [5, 5.41) is 0. The largest absolute Gasteiger partial charge is 0.379 e. The van der Waals surface area contributed by atoms with E-state index in [0.717, 1.165) is 4.31 Å². The molecule has 1 aromatic rings. The Morgan fingerprint density at radius 2 is 1.84 bits per heavy atom. The zero-order valence-corrected chi connectivity index (χ0v) is 16.3. The number of likely N-dealkylation sites (N-methyl/N-ethyl adjacent to an activating group) is 1. The molecular formula is C15H25N3O5S2. The van der Waals surface area contributed by atoms with Gasteiger partial charge in [0.05, 0.1) is 23.0 Å². The summed E-state index contributed by atoms with van der Waals surface area (Å²) in [7, 11) is -6.18. The molecule has 1 atom stereocenters. The van der Waals surface area contributed by atoms with Gasteiger partial charge in [-0.2, -0.15) is 8.61 Å². The highest BCUT2D eigenvalue weighted by atomic mass is 32.2. The number of ether oxygens (including phenoxy) is 1. The number of rotatable bonds is 6. The van der Waals surface area contributed by atoms with Crippen LogP contribution < -0.4 is 5.73 Å². The number of hydrogen-bond acceptors (Lipinski definition) is 6. The van der Waals surface area contributed by atoms with E-state index < -0.39 is 26.1 Å². The van der Waals surface area contributed by atoms with Gasteiger partial charge in [0, 0.05) is 32.7 Å². The molecule has 0 amide bonds. The minimum absolute atomic E-state index is 0.00396. The van der Waals surface area contributed by atoms with Crippen LogP contribution in [0.25, 0.3) is 0 Å². The average molecular weight is 392 g/mol. The monoisotopic (exact) mass is 391 g/mol. The van der Waals surface area contributed by atoms with Gasteiger partial charge in [0.2, 0.25) is 20.0 Å². The van der Waals surface area contributed by atoms with Gasteiger partial charge in [0.1, 0.15) is 0 Å². The van der Waals surface area contributed by atoms with Gasteiger partial charge in [-0.05, 0) is 31.5 Å². The van der Waals surface area contributed by atoms with Crippen molar-refractivity contribution in [2.75, 3.05) is 39.9 Å². The molecule has 1 aromatic carbocycles. The van der Waals surface area contributed by atoms with E-state index in [4.69, 9.17) is 10.5 Å². The lowest BCUT2D eigenvalue weighted by Crippen LogP contribution is -2.41. The summed E-state index contributed by atoms with van der Waals surface area (Å²) in [4.78, 5) is -0.0583. The molecule has 142 valence electrons. The maximum absolute atomic E-state index is 12.9. The maximum Gasteiger partial charge on any atom is 0.243 e. The van der Waals surface area contributed by atoms with Gasteiger partial charge in [-0.25, -0.2) is 16.8 Å². The first-order valence-electron chi connectivity index (χ1n) is 7.99. The van der Waals surface area contributed by atoms with Crippen LogP contribution in [0.3, 0.4) is 0 Å². The molecule has 0 aliphatic carbocycles. The standard InChI is InChI=1S/C15H25N3O5S2/c1-12-4-5-14(24(19,20)17(3)13(2)11-16)10-15(12)25(21,22)18-6-8-23-9-7-18/h4-5,10,13H,6-9,11,16H2,1-3H3. The Morgan fingerprint density at radius 1 is 1.24 bits per heavy atom. The lowest BCUT2D eigenvalue weighted by molar-refractivity contribution is 0.0730. The molecule has 0 spiro atoms. The molecule has 2 rings (SSSR count). The lowest BCUT2D eigenvalue weighted by atomic mass is 10.2. The van der Waals surface area contributed by atoms with E-state index in [9.17, 15) is 16.8 Å². The molecule has 1 aliphatic rings. The van der Waals surface area contributed by atoms with Crippen LogP contribution >= 0.6 is 0 Å². The van der Waals surface area contributed by atoms with E-state index in [2.05, 4.69) is 0 Å². The summed E-state index contributed by atoms with van der Waals surface area (Å²) in [5.74, 6) is 0. The molecule has 10 heteroatoms. The normalized spacial score (nSPS) is 18.4. The van der Waals surface area contributed by atoms with Crippen LogP contribution in [0, 0.1) is 6.92 Å². The van der Waals surface area contributed by atoms with Crippen molar-refractivity contribution in [2.45, 2.75) is 29.7 Å². The quantitative estimate of drug-likeness (QED) is 0.730. The molecule has 0 radical (unpaired) electrons. The van der Waals surface area contributed by atoms with Gasteiger partial charge in [0.25, 0.3) is 0 Å². The first kappa shape index (κ1) is 20.3. The zero-order chi connectivity index (χ0) is 18.8. The van der Waals surface area contributed by atoms with Gasteiger partial charge in [-0.1, -0.05) is 6.07 Å². The second-order valence-electron chi connectivity index (χ2n) is 6.05. The van der Waals surface area contributed by atoms with Crippen LogP contribution in [-0.2, 0) is 24.8 Å². The van der Waals surface area contributed by atoms with Crippen molar-refractivity contribution >= 4 is 20.0 Å². The summed E-state index contributed by atoms with van der Waals surface area (Å²) in [6.07, 6.45) is 0. The molecule has 0 bridgehead atoms. The van der Waals surface area contributed by atoms with Gasteiger partial charge in [-0.15, -0.1) is 0 Å². The van der Waals surface area contributed by atoms with Crippen molar-refractivity contribution in [1.29, 1.82) is 0 Å². The van der Waals surface area contributed by atoms with E-state index in [0.29, 0.717) is 18.8 Å². The van der Waals surface area contributed by atoms with Crippen molar-refractivity contribution in [3.63, 3.8) is 0 Å². The zero-order valence-electron chi connectivity index (χ0n) is 14.7. The number of aryl methyl sites for hydroxylation is 1. The van der Waals surface area contributed by atoms with Crippen molar-refractivity contribution < 1.29 is 21.6 Å². The number of sulfonamides is 2. The number of morpholine rings is 1. The van der Waals surface area contributed by atoms with Crippen LogP contribution in [0.1, 0.15) is 12.5 Å². The molecule has 8 nitrogen and oxygen atoms in total. The van der Waals surface area contributed by atoms with E-state index in [1.165, 1.54) is 29.6 Å². The summed E-state index contributed by atoms with van der Waals surface area (Å²) < 4.78 is 58.9. The van der Waals surface area contributed by atoms with Gasteiger partial charge >= 0.3 is 0 Å². The Morgan fingerprint density at radius 3 is 2.40 bits per heavy atom. The van der Waals surface area contributed by atoms with E-state index in [1.54, 1.807) is 13.8 Å². The number of nitrogens with two attached hydrogens (primary N) is 1. The highest BCUT2D eigenvalue weighted by Gasteiger charge is 2.31. The van der Waals surface area contributed by atoms with Crippen LogP contribution in [0.5, 0.6) is 0 Å². The Bertz CT molecular complexity index is 818. The molecule has 0 saturated carbocycles. The summed E-state index contributed by atoms with van der Waals surface area (Å²) in [5.41, 5.74) is 6.05. The first-order valence-corrected chi connectivity index (χ1v) is 10.9. The predicted octanol–water partition coefficient (Wildman–Crippen LogP) is -0.0164. The molecular weight excluding hydrogens is 366 g/mol. The minimum Gasteiger partial charge on any atom is -0.379 e. The molecule has 1 saturated heterocycles. The smallest absolute Gasteiger partial charge is 0.243 e. The molecule has 1 heterocycles. The maximum atomic E-state index is 12.9. The molecule has 1 fully saturated rings. The Kier molecular flexibility index (Phi) is 6.23. The van der Waals surface area contributed by atoms with Crippen LogP contribution in [0.2, 0.25) is 0 Å². The first-order chi connectivity index (χ1) is 11.6.